The molecule has 134 valence electrons. The number of carbonyl (C=O) groups is 2. The number of carbonyl (C=O) groups excluding carboxylic acids is 2. The molecule has 0 aliphatic carbocycles. The van der Waals surface area contributed by atoms with E-state index in [2.05, 4.69) is 15.6 Å². The van der Waals surface area contributed by atoms with Crippen LogP contribution in [-0.2, 0) is 6.54 Å². The van der Waals surface area contributed by atoms with Gasteiger partial charge < -0.3 is 20.0 Å². The lowest BCUT2D eigenvalue weighted by atomic mass is 10.3. The smallest absolute Gasteiger partial charge is 0.318 e. The Labute approximate surface area is 147 Å². The minimum absolute atomic E-state index is 0.0235. The highest BCUT2D eigenvalue weighted by molar-refractivity contribution is 5.93. The van der Waals surface area contributed by atoms with Crippen LogP contribution in [-0.4, -0.2) is 41.0 Å². The summed E-state index contributed by atoms with van der Waals surface area (Å²) in [5.74, 6) is 1.34. The van der Waals surface area contributed by atoms with E-state index in [9.17, 15) is 9.59 Å². The number of urea groups is 1. The average molecular weight is 344 g/mol. The van der Waals surface area contributed by atoms with Gasteiger partial charge in [0.15, 0.2) is 0 Å². The number of aryl methyl sites for hydroxylation is 1. The third-order valence-electron chi connectivity index (χ3n) is 3.62. The van der Waals surface area contributed by atoms with Crippen molar-refractivity contribution in [3.63, 3.8) is 0 Å². The molecule has 0 spiro atoms. The number of pyridine rings is 1. The topological polar surface area (TPSA) is 87.5 Å². The Bertz CT molecular complexity index is 697. The van der Waals surface area contributed by atoms with Crippen molar-refractivity contribution in [2.45, 2.75) is 33.4 Å². The Balaban J connectivity index is 1.78. The largest absolute Gasteiger partial charge is 0.464 e. The summed E-state index contributed by atoms with van der Waals surface area (Å²) < 4.78 is 5.54. The second-order valence-corrected chi connectivity index (χ2v) is 5.96. The number of hydrogen-bond donors (Lipinski definition) is 2. The number of rotatable bonds is 7. The highest BCUT2D eigenvalue weighted by Crippen LogP contribution is 2.12. The molecule has 0 atom stereocenters. The Hall–Kier alpha value is -2.83. The van der Waals surface area contributed by atoms with Gasteiger partial charge in [-0.1, -0.05) is 0 Å². The fourth-order valence-electron chi connectivity index (χ4n) is 2.27. The quantitative estimate of drug-likeness (QED) is 0.755. The first-order valence-electron chi connectivity index (χ1n) is 8.25. The Morgan fingerprint density at radius 2 is 1.96 bits per heavy atom. The average Bonchev–Trinajstić information content (AvgIpc) is 3.01. The maximum absolute atomic E-state index is 12.4. The molecule has 2 aromatic heterocycles. The van der Waals surface area contributed by atoms with Crippen molar-refractivity contribution >= 4 is 11.9 Å². The van der Waals surface area contributed by atoms with Gasteiger partial charge in [0.2, 0.25) is 0 Å². The lowest BCUT2D eigenvalue weighted by molar-refractivity contribution is 0.0953. The Morgan fingerprint density at radius 1 is 1.20 bits per heavy atom. The van der Waals surface area contributed by atoms with Gasteiger partial charge in [0, 0.05) is 31.5 Å². The number of amides is 3. The van der Waals surface area contributed by atoms with E-state index in [0.717, 1.165) is 11.5 Å². The van der Waals surface area contributed by atoms with Gasteiger partial charge in [-0.2, -0.15) is 0 Å². The van der Waals surface area contributed by atoms with E-state index in [1.807, 2.05) is 32.9 Å². The maximum Gasteiger partial charge on any atom is 0.318 e. The molecule has 7 heteroatoms. The number of nitrogens with zero attached hydrogens (tertiary/aromatic N) is 2. The minimum Gasteiger partial charge on any atom is -0.464 e. The van der Waals surface area contributed by atoms with Crippen LogP contribution >= 0.6 is 0 Å². The number of nitrogens with one attached hydrogen (secondary N) is 2. The van der Waals surface area contributed by atoms with Gasteiger partial charge in [-0.15, -0.1) is 0 Å². The van der Waals surface area contributed by atoms with Gasteiger partial charge >= 0.3 is 6.03 Å². The molecular formula is C18H24N4O3. The SMILES string of the molecule is Cc1ccc(CN(C(=O)NCCNC(=O)c2cccnc2)C(C)C)o1. The highest BCUT2D eigenvalue weighted by Gasteiger charge is 2.18. The molecule has 0 aromatic carbocycles. The lowest BCUT2D eigenvalue weighted by Crippen LogP contribution is -2.45. The van der Waals surface area contributed by atoms with Gasteiger partial charge in [0.25, 0.3) is 5.91 Å². The summed E-state index contributed by atoms with van der Waals surface area (Å²) in [5, 5.41) is 5.56. The molecule has 2 aromatic rings. The molecular weight excluding hydrogens is 320 g/mol. The second-order valence-electron chi connectivity index (χ2n) is 5.96. The fraction of sp³-hybridized carbons (Fsp3) is 0.389. The van der Waals surface area contributed by atoms with Gasteiger partial charge in [0.1, 0.15) is 11.5 Å². The first-order chi connectivity index (χ1) is 12.0. The van der Waals surface area contributed by atoms with Crippen molar-refractivity contribution in [3.8, 4) is 0 Å². The molecule has 0 aliphatic rings. The number of aromatic nitrogens is 1. The highest BCUT2D eigenvalue weighted by atomic mass is 16.3. The first kappa shape index (κ1) is 18.5. The third kappa shape index (κ3) is 5.63. The van der Waals surface area contributed by atoms with Gasteiger partial charge in [-0.05, 0) is 45.0 Å². The summed E-state index contributed by atoms with van der Waals surface area (Å²) in [5.41, 5.74) is 0.492. The molecule has 0 saturated carbocycles. The normalized spacial score (nSPS) is 10.6. The van der Waals surface area contributed by atoms with Crippen molar-refractivity contribution in [1.82, 2.24) is 20.5 Å². The van der Waals surface area contributed by atoms with Gasteiger partial charge in [-0.25, -0.2) is 4.79 Å². The molecule has 0 bridgehead atoms. The first-order valence-corrected chi connectivity index (χ1v) is 8.25. The standard InChI is InChI=1S/C18H24N4O3/c1-13(2)22(12-16-7-6-14(3)25-16)18(24)21-10-9-20-17(23)15-5-4-8-19-11-15/h4-8,11,13H,9-10,12H2,1-3H3,(H,20,23)(H,21,24). The van der Waals surface area contributed by atoms with Crippen LogP contribution in [0.25, 0.3) is 0 Å². The number of furan rings is 1. The number of hydrogen-bond acceptors (Lipinski definition) is 4. The molecule has 25 heavy (non-hydrogen) atoms. The van der Waals surface area contributed by atoms with Crippen LogP contribution in [0.15, 0.2) is 41.1 Å². The predicted octanol–water partition coefficient (Wildman–Crippen LogP) is 2.33. The molecule has 3 amide bonds. The van der Waals surface area contributed by atoms with Crippen LogP contribution in [0.5, 0.6) is 0 Å². The fourth-order valence-corrected chi connectivity index (χ4v) is 2.27. The molecule has 2 N–H and O–H groups in total. The van der Waals surface area contributed by atoms with Crippen molar-refractivity contribution in [2.75, 3.05) is 13.1 Å². The zero-order valence-electron chi connectivity index (χ0n) is 14.8. The molecule has 0 aliphatic heterocycles. The van der Waals surface area contributed by atoms with Crippen LogP contribution in [0.1, 0.15) is 35.7 Å². The monoisotopic (exact) mass is 344 g/mol. The predicted molar refractivity (Wildman–Crippen MR) is 94.1 cm³/mol. The van der Waals surface area contributed by atoms with E-state index < -0.39 is 0 Å². The third-order valence-corrected chi connectivity index (χ3v) is 3.62. The summed E-state index contributed by atoms with van der Waals surface area (Å²) in [6.07, 6.45) is 3.11. The molecule has 0 radical (unpaired) electrons. The van der Waals surface area contributed by atoms with E-state index in [4.69, 9.17) is 4.42 Å². The zero-order chi connectivity index (χ0) is 18.2. The maximum atomic E-state index is 12.4. The van der Waals surface area contributed by atoms with Crippen molar-refractivity contribution in [1.29, 1.82) is 0 Å². The van der Waals surface area contributed by atoms with E-state index in [0.29, 0.717) is 25.2 Å². The summed E-state index contributed by atoms with van der Waals surface area (Å²) in [6.45, 7) is 6.84. The Kier molecular flexibility index (Phi) is 6.56. The Morgan fingerprint density at radius 3 is 2.56 bits per heavy atom. The van der Waals surface area contributed by atoms with Crippen LogP contribution < -0.4 is 10.6 Å². The zero-order valence-corrected chi connectivity index (χ0v) is 14.8. The minimum atomic E-state index is -0.214. The molecule has 2 rings (SSSR count). The summed E-state index contributed by atoms with van der Waals surface area (Å²) in [6, 6.07) is 6.96. The van der Waals surface area contributed by atoms with E-state index in [1.54, 1.807) is 23.2 Å². The second kappa shape index (κ2) is 8.86. The van der Waals surface area contributed by atoms with Crippen LogP contribution in [0, 0.1) is 6.92 Å². The van der Waals surface area contributed by atoms with E-state index in [1.165, 1.54) is 6.20 Å². The van der Waals surface area contributed by atoms with Crippen molar-refractivity contribution < 1.29 is 14.0 Å². The lowest BCUT2D eigenvalue weighted by Gasteiger charge is -2.26. The molecule has 7 nitrogen and oxygen atoms in total. The van der Waals surface area contributed by atoms with Gasteiger partial charge in [0.05, 0.1) is 12.1 Å². The summed E-state index contributed by atoms with van der Waals surface area (Å²) in [7, 11) is 0. The van der Waals surface area contributed by atoms with Gasteiger partial charge in [-0.3, -0.25) is 9.78 Å². The van der Waals surface area contributed by atoms with Crippen LogP contribution in [0.2, 0.25) is 0 Å². The van der Waals surface area contributed by atoms with Crippen LogP contribution in [0.4, 0.5) is 4.79 Å². The molecule has 0 fully saturated rings. The molecule has 0 unspecified atom stereocenters. The van der Waals surface area contributed by atoms with Crippen LogP contribution in [0.3, 0.4) is 0 Å². The van der Waals surface area contributed by atoms with Crippen molar-refractivity contribution in [3.05, 3.63) is 53.7 Å². The van der Waals surface area contributed by atoms with E-state index in [-0.39, 0.29) is 18.0 Å². The summed E-state index contributed by atoms with van der Waals surface area (Å²) >= 11 is 0. The molecule has 2 heterocycles. The molecule has 0 saturated heterocycles. The van der Waals surface area contributed by atoms with Crippen molar-refractivity contribution in [2.24, 2.45) is 0 Å². The summed E-state index contributed by atoms with van der Waals surface area (Å²) in [4.78, 5) is 29.8. The van der Waals surface area contributed by atoms with E-state index >= 15 is 0 Å².